The van der Waals surface area contributed by atoms with Gasteiger partial charge in [0, 0.05) is 17.1 Å². The highest BCUT2D eigenvalue weighted by molar-refractivity contribution is 5.96. The lowest BCUT2D eigenvalue weighted by atomic mass is 10.2. The van der Waals surface area contributed by atoms with Crippen LogP contribution in [0.1, 0.15) is 6.92 Å². The number of methoxy groups -OCH3 is 2. The number of ether oxygens (including phenoxy) is 2. The van der Waals surface area contributed by atoms with E-state index < -0.39 is 6.04 Å². The van der Waals surface area contributed by atoms with Crippen molar-refractivity contribution < 1.29 is 18.7 Å². The third-order valence-corrected chi connectivity index (χ3v) is 5.18. The molecule has 3 aromatic carbocycles. The van der Waals surface area contributed by atoms with Gasteiger partial charge in [-0.1, -0.05) is 0 Å². The van der Waals surface area contributed by atoms with Crippen molar-refractivity contribution in [2.24, 2.45) is 0 Å². The van der Waals surface area contributed by atoms with Crippen LogP contribution in [-0.2, 0) is 4.79 Å². The average Bonchev–Trinajstić information content (AvgIpc) is 2.90. The number of nitrogens with zero attached hydrogens (tertiary/aromatic N) is 3. The van der Waals surface area contributed by atoms with E-state index >= 15 is 0 Å². The number of halogens is 1. The second kappa shape index (κ2) is 11.7. The van der Waals surface area contributed by atoms with Gasteiger partial charge >= 0.3 is 0 Å². The molecule has 1 heterocycles. The molecule has 0 spiro atoms. The summed E-state index contributed by atoms with van der Waals surface area (Å²) >= 11 is 0. The van der Waals surface area contributed by atoms with Crippen LogP contribution in [0.25, 0.3) is 0 Å². The van der Waals surface area contributed by atoms with E-state index in [-0.39, 0.29) is 29.6 Å². The first-order valence-corrected chi connectivity index (χ1v) is 11.3. The first-order valence-electron chi connectivity index (χ1n) is 11.3. The van der Waals surface area contributed by atoms with Gasteiger partial charge in [0.1, 0.15) is 23.4 Å². The van der Waals surface area contributed by atoms with E-state index in [0.717, 1.165) is 11.4 Å². The lowest BCUT2D eigenvalue weighted by Gasteiger charge is -2.16. The lowest BCUT2D eigenvalue weighted by Crippen LogP contribution is -2.32. The first-order chi connectivity index (χ1) is 17.9. The predicted molar refractivity (Wildman–Crippen MR) is 140 cm³/mol. The number of amides is 1. The van der Waals surface area contributed by atoms with Gasteiger partial charge in [0.2, 0.25) is 23.8 Å². The van der Waals surface area contributed by atoms with E-state index in [1.54, 1.807) is 45.4 Å². The van der Waals surface area contributed by atoms with E-state index in [1.807, 2.05) is 24.3 Å². The van der Waals surface area contributed by atoms with Gasteiger partial charge in [-0.3, -0.25) is 4.79 Å². The molecule has 0 aliphatic heterocycles. The molecule has 0 radical (unpaired) electrons. The molecule has 190 valence electrons. The summed E-state index contributed by atoms with van der Waals surface area (Å²) in [7, 11) is 3.19. The number of hydrogen-bond acceptors (Lipinski definition) is 9. The number of anilines is 6. The van der Waals surface area contributed by atoms with Crippen LogP contribution >= 0.6 is 0 Å². The third-order valence-electron chi connectivity index (χ3n) is 5.18. The highest BCUT2D eigenvalue weighted by Gasteiger charge is 2.16. The summed E-state index contributed by atoms with van der Waals surface area (Å²) in [6.07, 6.45) is 0. The number of carbonyl (C=O) groups is 1. The Hall–Kier alpha value is -4.93. The zero-order valence-electron chi connectivity index (χ0n) is 20.4. The number of carbonyl (C=O) groups excluding carboxylic acids is 1. The van der Waals surface area contributed by atoms with E-state index in [0.29, 0.717) is 17.2 Å². The smallest absolute Gasteiger partial charge is 0.246 e. The Balaban J connectivity index is 1.54. The second-order valence-corrected chi connectivity index (χ2v) is 7.88. The molecule has 1 aromatic heterocycles. The Morgan fingerprint density at radius 1 is 0.703 bits per heavy atom. The molecule has 4 aromatic rings. The van der Waals surface area contributed by atoms with Crippen LogP contribution in [0.5, 0.6) is 11.5 Å². The van der Waals surface area contributed by atoms with E-state index in [1.165, 1.54) is 24.3 Å². The minimum atomic E-state index is -0.713. The highest BCUT2D eigenvalue weighted by Crippen LogP contribution is 2.22. The zero-order chi connectivity index (χ0) is 26.2. The normalized spacial score (nSPS) is 11.2. The van der Waals surface area contributed by atoms with Gasteiger partial charge in [-0.2, -0.15) is 15.0 Å². The molecule has 0 saturated carbocycles. The molecule has 1 amide bonds. The molecule has 4 N–H and O–H groups in total. The molecular formula is C26H26FN7O3. The fourth-order valence-corrected chi connectivity index (χ4v) is 3.20. The fourth-order valence-electron chi connectivity index (χ4n) is 3.20. The van der Waals surface area contributed by atoms with Crippen LogP contribution < -0.4 is 30.7 Å². The molecule has 1 atom stereocenters. The Kier molecular flexibility index (Phi) is 7.94. The summed E-state index contributed by atoms with van der Waals surface area (Å²) in [5.74, 6) is 1.38. The van der Waals surface area contributed by atoms with Crippen molar-refractivity contribution in [3.05, 3.63) is 78.6 Å². The van der Waals surface area contributed by atoms with Crippen LogP contribution in [0, 0.1) is 5.82 Å². The summed E-state index contributed by atoms with van der Waals surface area (Å²) in [5.41, 5.74) is 1.94. The van der Waals surface area contributed by atoms with Crippen LogP contribution in [0.4, 0.5) is 39.3 Å². The molecule has 0 fully saturated rings. The molecule has 37 heavy (non-hydrogen) atoms. The fraction of sp³-hybridized carbons (Fsp3) is 0.154. The standard InChI is InChI=1S/C26H26FN7O3/c1-16(23(35)29-18-6-4-17(27)5-7-18)28-24-32-25(30-19-8-12-21(36-2)13-9-19)34-26(33-24)31-20-10-14-22(37-3)15-11-20/h4-16H,1-3H3,(H,29,35)(H3,28,30,31,32,33,34)/t16-/m1/s1. The lowest BCUT2D eigenvalue weighted by molar-refractivity contribution is -0.116. The van der Waals surface area contributed by atoms with Gasteiger partial charge in [0.05, 0.1) is 14.2 Å². The summed E-state index contributed by atoms with van der Waals surface area (Å²) in [6, 6.07) is 19.3. The SMILES string of the molecule is COc1ccc(Nc2nc(Nc3ccc(OC)cc3)nc(N[C@H](C)C(=O)Nc3ccc(F)cc3)n2)cc1. The van der Waals surface area contributed by atoms with Crippen molar-refractivity contribution in [2.75, 3.05) is 35.5 Å². The molecule has 11 heteroatoms. The van der Waals surface area contributed by atoms with Crippen molar-refractivity contribution in [1.82, 2.24) is 15.0 Å². The highest BCUT2D eigenvalue weighted by atomic mass is 19.1. The Bertz CT molecular complexity index is 1270. The van der Waals surface area contributed by atoms with Crippen LogP contribution in [0.15, 0.2) is 72.8 Å². The van der Waals surface area contributed by atoms with Gasteiger partial charge < -0.3 is 30.7 Å². The molecule has 0 aliphatic carbocycles. The van der Waals surface area contributed by atoms with E-state index in [4.69, 9.17) is 9.47 Å². The molecule has 0 bridgehead atoms. The number of benzene rings is 3. The Morgan fingerprint density at radius 2 is 1.14 bits per heavy atom. The average molecular weight is 504 g/mol. The molecule has 0 aliphatic rings. The van der Waals surface area contributed by atoms with Gasteiger partial charge in [-0.15, -0.1) is 0 Å². The predicted octanol–water partition coefficient (Wildman–Crippen LogP) is 4.95. The molecule has 4 rings (SSSR count). The van der Waals surface area contributed by atoms with Crippen LogP contribution in [0.2, 0.25) is 0 Å². The second-order valence-electron chi connectivity index (χ2n) is 7.88. The topological polar surface area (TPSA) is 122 Å². The Morgan fingerprint density at radius 3 is 1.59 bits per heavy atom. The number of aromatic nitrogens is 3. The maximum Gasteiger partial charge on any atom is 0.246 e. The van der Waals surface area contributed by atoms with Crippen molar-refractivity contribution in [2.45, 2.75) is 13.0 Å². The number of rotatable bonds is 10. The maximum atomic E-state index is 13.2. The quantitative estimate of drug-likeness (QED) is 0.238. The minimum absolute atomic E-state index is 0.170. The van der Waals surface area contributed by atoms with Crippen molar-refractivity contribution in [3.8, 4) is 11.5 Å². The number of nitrogens with one attached hydrogen (secondary N) is 4. The molecule has 0 saturated heterocycles. The van der Waals surface area contributed by atoms with E-state index in [2.05, 4.69) is 36.2 Å². The van der Waals surface area contributed by atoms with Crippen molar-refractivity contribution in [1.29, 1.82) is 0 Å². The third kappa shape index (κ3) is 7.04. The van der Waals surface area contributed by atoms with Crippen molar-refractivity contribution in [3.63, 3.8) is 0 Å². The van der Waals surface area contributed by atoms with Gasteiger partial charge in [0.15, 0.2) is 0 Å². The summed E-state index contributed by atoms with van der Waals surface area (Å²) in [4.78, 5) is 26.0. The Labute approximate surface area is 213 Å². The van der Waals surface area contributed by atoms with Gasteiger partial charge in [-0.05, 0) is 79.7 Å². The van der Waals surface area contributed by atoms with E-state index in [9.17, 15) is 9.18 Å². The molecule has 0 unspecified atom stereocenters. The number of hydrogen-bond donors (Lipinski definition) is 4. The largest absolute Gasteiger partial charge is 0.497 e. The van der Waals surface area contributed by atoms with Crippen LogP contribution in [-0.4, -0.2) is 41.1 Å². The minimum Gasteiger partial charge on any atom is -0.497 e. The molecular weight excluding hydrogens is 477 g/mol. The van der Waals surface area contributed by atoms with Gasteiger partial charge in [-0.25, -0.2) is 4.39 Å². The first kappa shape index (κ1) is 25.2. The summed E-state index contributed by atoms with van der Waals surface area (Å²) in [5, 5.41) is 12.0. The van der Waals surface area contributed by atoms with Crippen LogP contribution in [0.3, 0.4) is 0 Å². The summed E-state index contributed by atoms with van der Waals surface area (Å²) in [6.45, 7) is 1.66. The van der Waals surface area contributed by atoms with Gasteiger partial charge in [0.25, 0.3) is 0 Å². The zero-order valence-corrected chi connectivity index (χ0v) is 20.4. The molecule has 10 nitrogen and oxygen atoms in total. The maximum absolute atomic E-state index is 13.2. The monoisotopic (exact) mass is 503 g/mol. The summed E-state index contributed by atoms with van der Waals surface area (Å²) < 4.78 is 23.6. The van der Waals surface area contributed by atoms with Crippen molar-refractivity contribution >= 4 is 40.8 Å².